The summed E-state index contributed by atoms with van der Waals surface area (Å²) in [6, 6.07) is 28.5. The smallest absolute Gasteiger partial charge is 0.260 e. The molecule has 1 aliphatic carbocycles. The summed E-state index contributed by atoms with van der Waals surface area (Å²) in [5.74, 6) is 0.0594. The molecule has 190 valence electrons. The van der Waals surface area contributed by atoms with Gasteiger partial charge >= 0.3 is 0 Å². The van der Waals surface area contributed by atoms with Crippen molar-refractivity contribution in [3.05, 3.63) is 112 Å². The highest BCUT2D eigenvalue weighted by molar-refractivity contribution is 8.04. The van der Waals surface area contributed by atoms with Crippen LogP contribution in [0.5, 0.6) is 0 Å². The first kappa shape index (κ1) is 25.3. The number of benzene rings is 3. The SMILES string of the molecule is Cc1cccc(CN2C(=O)/C(=C/c3ccccc3)SC3CCC(C(=O)NC(C)c4ccccc4)CC32)c1. The molecule has 0 aromatic heterocycles. The fraction of sp³-hybridized carbons (Fsp3) is 0.312. The first-order valence-electron chi connectivity index (χ1n) is 13.1. The zero-order valence-corrected chi connectivity index (χ0v) is 22.3. The van der Waals surface area contributed by atoms with Gasteiger partial charge in [0, 0.05) is 23.8 Å². The highest BCUT2D eigenvalue weighted by Gasteiger charge is 2.44. The van der Waals surface area contributed by atoms with Gasteiger partial charge in [-0.2, -0.15) is 0 Å². The fourth-order valence-electron chi connectivity index (χ4n) is 5.48. The summed E-state index contributed by atoms with van der Waals surface area (Å²) in [4.78, 5) is 30.0. The number of thioether (sulfide) groups is 1. The molecule has 1 saturated heterocycles. The number of carbonyl (C=O) groups is 2. The van der Waals surface area contributed by atoms with Crippen LogP contribution in [0.25, 0.3) is 6.08 Å². The van der Waals surface area contributed by atoms with Crippen LogP contribution in [0.4, 0.5) is 0 Å². The van der Waals surface area contributed by atoms with Gasteiger partial charge in [0.1, 0.15) is 0 Å². The molecule has 2 fully saturated rings. The lowest BCUT2D eigenvalue weighted by Gasteiger charge is -2.46. The molecule has 4 atom stereocenters. The van der Waals surface area contributed by atoms with Gasteiger partial charge in [-0.1, -0.05) is 90.5 Å². The Morgan fingerprint density at radius 3 is 2.49 bits per heavy atom. The molecular weight excluding hydrogens is 476 g/mol. The molecule has 0 spiro atoms. The van der Waals surface area contributed by atoms with Crippen LogP contribution < -0.4 is 5.32 Å². The molecule has 1 heterocycles. The molecule has 0 bridgehead atoms. The second-order valence-electron chi connectivity index (χ2n) is 10.2. The van der Waals surface area contributed by atoms with Crippen LogP contribution >= 0.6 is 11.8 Å². The standard InChI is InChI=1S/C32H34N2O2S/c1-22-10-9-13-25(18-22)21-34-28-20-27(31(35)33-23(2)26-14-7-4-8-15-26)16-17-29(28)37-30(32(34)36)19-24-11-5-3-6-12-24/h3-15,18-19,23,27-29H,16-17,20-21H2,1-2H3,(H,33,35)/b30-19-. The van der Waals surface area contributed by atoms with Crippen LogP contribution in [0.2, 0.25) is 0 Å². The van der Waals surface area contributed by atoms with Gasteiger partial charge in [-0.3, -0.25) is 9.59 Å². The molecule has 37 heavy (non-hydrogen) atoms. The number of rotatable bonds is 6. The molecule has 1 aliphatic heterocycles. The van der Waals surface area contributed by atoms with E-state index in [1.165, 1.54) is 5.56 Å². The molecule has 1 saturated carbocycles. The fourth-order valence-corrected chi connectivity index (χ4v) is 6.89. The highest BCUT2D eigenvalue weighted by atomic mass is 32.2. The van der Waals surface area contributed by atoms with Gasteiger partial charge in [0.2, 0.25) is 5.91 Å². The molecular formula is C32H34N2O2S. The lowest BCUT2D eigenvalue weighted by Crippen LogP contribution is -2.53. The third kappa shape index (κ3) is 5.99. The highest BCUT2D eigenvalue weighted by Crippen LogP contribution is 2.44. The van der Waals surface area contributed by atoms with Crippen molar-refractivity contribution in [3.8, 4) is 0 Å². The number of hydrogen-bond donors (Lipinski definition) is 1. The maximum absolute atomic E-state index is 13.8. The van der Waals surface area contributed by atoms with Crippen molar-refractivity contribution in [2.45, 2.75) is 57.0 Å². The summed E-state index contributed by atoms with van der Waals surface area (Å²) in [5, 5.41) is 3.51. The van der Waals surface area contributed by atoms with E-state index in [0.717, 1.165) is 34.4 Å². The Kier molecular flexibility index (Phi) is 7.80. The Morgan fingerprint density at radius 1 is 1.03 bits per heavy atom. The van der Waals surface area contributed by atoms with Crippen molar-refractivity contribution >= 4 is 29.7 Å². The molecule has 5 rings (SSSR count). The number of nitrogens with zero attached hydrogens (tertiary/aromatic N) is 1. The third-order valence-electron chi connectivity index (χ3n) is 7.47. The van der Waals surface area contributed by atoms with E-state index >= 15 is 0 Å². The lowest BCUT2D eigenvalue weighted by molar-refractivity contribution is -0.134. The Hall–Kier alpha value is -3.31. The van der Waals surface area contributed by atoms with E-state index in [0.29, 0.717) is 13.0 Å². The summed E-state index contributed by atoms with van der Waals surface area (Å²) in [5.41, 5.74) is 4.45. The van der Waals surface area contributed by atoms with Crippen LogP contribution in [0.1, 0.15) is 54.5 Å². The zero-order valence-electron chi connectivity index (χ0n) is 21.5. The Labute approximate surface area is 224 Å². The normalized spacial score (nSPS) is 23.4. The summed E-state index contributed by atoms with van der Waals surface area (Å²) < 4.78 is 0. The van der Waals surface area contributed by atoms with E-state index < -0.39 is 0 Å². The Bertz CT molecular complexity index is 1270. The number of nitrogens with one attached hydrogen (secondary N) is 1. The van der Waals surface area contributed by atoms with Gasteiger partial charge in [-0.25, -0.2) is 0 Å². The minimum atomic E-state index is -0.0968. The summed E-state index contributed by atoms with van der Waals surface area (Å²) in [6.45, 7) is 4.67. The summed E-state index contributed by atoms with van der Waals surface area (Å²) in [6.07, 6.45) is 4.47. The van der Waals surface area contributed by atoms with Crippen LogP contribution in [-0.2, 0) is 16.1 Å². The molecule has 0 radical (unpaired) electrons. The summed E-state index contributed by atoms with van der Waals surface area (Å²) >= 11 is 1.70. The number of fused-ring (bicyclic) bond motifs is 1. The number of amides is 2. The number of hydrogen-bond acceptors (Lipinski definition) is 3. The molecule has 2 amide bonds. The monoisotopic (exact) mass is 510 g/mol. The minimum Gasteiger partial charge on any atom is -0.349 e. The van der Waals surface area contributed by atoms with Crippen molar-refractivity contribution in [2.24, 2.45) is 5.92 Å². The van der Waals surface area contributed by atoms with Crippen LogP contribution in [0, 0.1) is 12.8 Å². The maximum atomic E-state index is 13.8. The predicted molar refractivity (Wildman–Crippen MR) is 152 cm³/mol. The molecule has 4 nitrogen and oxygen atoms in total. The molecule has 5 heteroatoms. The minimum absolute atomic E-state index is 0.0301. The van der Waals surface area contributed by atoms with E-state index in [9.17, 15) is 9.59 Å². The van der Waals surface area contributed by atoms with E-state index in [4.69, 9.17) is 0 Å². The van der Waals surface area contributed by atoms with Gasteiger partial charge < -0.3 is 10.2 Å². The average molecular weight is 511 g/mol. The topological polar surface area (TPSA) is 49.4 Å². The first-order valence-corrected chi connectivity index (χ1v) is 14.0. The van der Waals surface area contributed by atoms with E-state index in [1.807, 2.05) is 84.6 Å². The van der Waals surface area contributed by atoms with Crippen molar-refractivity contribution in [1.82, 2.24) is 10.2 Å². The van der Waals surface area contributed by atoms with Gasteiger partial charge in [-0.05, 0) is 55.9 Å². The molecule has 2 aliphatic rings. The molecule has 4 unspecified atom stereocenters. The average Bonchev–Trinajstić information content (AvgIpc) is 2.92. The quantitative estimate of drug-likeness (QED) is 0.384. The number of aryl methyl sites for hydroxylation is 1. The number of carbonyl (C=O) groups excluding carboxylic acids is 2. The van der Waals surface area contributed by atoms with Crippen LogP contribution in [-0.4, -0.2) is 28.0 Å². The van der Waals surface area contributed by atoms with Crippen LogP contribution in [0.15, 0.2) is 89.8 Å². The van der Waals surface area contributed by atoms with Crippen molar-refractivity contribution in [3.63, 3.8) is 0 Å². The van der Waals surface area contributed by atoms with Crippen molar-refractivity contribution < 1.29 is 9.59 Å². The Balaban J connectivity index is 1.37. The maximum Gasteiger partial charge on any atom is 0.260 e. The zero-order chi connectivity index (χ0) is 25.8. The second kappa shape index (κ2) is 11.4. The van der Waals surface area contributed by atoms with E-state index in [2.05, 4.69) is 30.4 Å². The summed E-state index contributed by atoms with van der Waals surface area (Å²) in [7, 11) is 0. The van der Waals surface area contributed by atoms with Gasteiger partial charge in [0.05, 0.1) is 10.9 Å². The predicted octanol–water partition coefficient (Wildman–Crippen LogP) is 6.53. The van der Waals surface area contributed by atoms with Crippen molar-refractivity contribution in [1.29, 1.82) is 0 Å². The van der Waals surface area contributed by atoms with Crippen LogP contribution in [0.3, 0.4) is 0 Å². The van der Waals surface area contributed by atoms with Gasteiger partial charge in [-0.15, -0.1) is 11.8 Å². The largest absolute Gasteiger partial charge is 0.349 e. The molecule has 1 N–H and O–H groups in total. The second-order valence-corrected chi connectivity index (χ2v) is 11.5. The molecule has 3 aromatic rings. The van der Waals surface area contributed by atoms with Gasteiger partial charge in [0.25, 0.3) is 5.91 Å². The third-order valence-corrected chi connectivity index (χ3v) is 8.87. The Morgan fingerprint density at radius 2 is 1.76 bits per heavy atom. The van der Waals surface area contributed by atoms with Crippen molar-refractivity contribution in [2.75, 3.05) is 0 Å². The lowest BCUT2D eigenvalue weighted by atomic mass is 9.83. The van der Waals surface area contributed by atoms with E-state index in [1.54, 1.807) is 11.8 Å². The molecule has 3 aromatic carbocycles. The van der Waals surface area contributed by atoms with E-state index in [-0.39, 0.29) is 35.1 Å². The van der Waals surface area contributed by atoms with Gasteiger partial charge in [0.15, 0.2) is 0 Å². The first-order chi connectivity index (χ1) is 18.0.